The lowest BCUT2D eigenvalue weighted by Gasteiger charge is -2.43. The van der Waals surface area contributed by atoms with Crippen LogP contribution in [-0.2, 0) is 33.7 Å². The van der Waals surface area contributed by atoms with E-state index in [4.69, 9.17) is 14.5 Å². The van der Waals surface area contributed by atoms with Gasteiger partial charge < -0.3 is 19.9 Å². The molecule has 1 saturated carbocycles. The van der Waals surface area contributed by atoms with Crippen molar-refractivity contribution >= 4 is 11.8 Å². The monoisotopic (exact) mass is 493 g/mol. The van der Waals surface area contributed by atoms with Crippen LogP contribution in [0.4, 0.5) is 5.82 Å². The van der Waals surface area contributed by atoms with Gasteiger partial charge in [0.15, 0.2) is 0 Å². The molecule has 2 aromatic rings. The normalized spacial score (nSPS) is 18.8. The molecule has 1 aliphatic carbocycles. The number of benzene rings is 1. The van der Waals surface area contributed by atoms with Crippen LogP contribution in [0.1, 0.15) is 78.4 Å². The first kappa shape index (κ1) is 25.2. The van der Waals surface area contributed by atoms with Gasteiger partial charge in [0.05, 0.1) is 12.7 Å². The summed E-state index contributed by atoms with van der Waals surface area (Å²) in [7, 11) is 1.69. The first-order valence-corrected chi connectivity index (χ1v) is 13.6. The van der Waals surface area contributed by atoms with Crippen molar-refractivity contribution in [1.82, 2.24) is 9.88 Å². The summed E-state index contributed by atoms with van der Waals surface area (Å²) < 4.78 is 11.5. The Hall–Kier alpha value is -2.48. The molecule has 3 heterocycles. The largest absolute Gasteiger partial charge is 0.480 e. The standard InChI is InChI=1S/C29H39N3O4/c1-35-19-22-7-5-10-25(26(22)20-11-12-20)27(29(33)34)32-17-24(18-32)36-16-4-2-3-9-23-14-13-21-8-6-15-30-28(21)31-23/h5,7,10,13-14,20,24,27H,2-4,6,8-9,11-12,15-19H2,1H3,(H,30,31)(H,33,34). The van der Waals surface area contributed by atoms with Crippen LogP contribution in [0, 0.1) is 0 Å². The number of rotatable bonds is 13. The highest BCUT2D eigenvalue weighted by atomic mass is 16.5. The van der Waals surface area contributed by atoms with Crippen molar-refractivity contribution in [3.63, 3.8) is 0 Å². The summed E-state index contributed by atoms with van der Waals surface area (Å²) in [4.78, 5) is 19.1. The van der Waals surface area contributed by atoms with Crippen LogP contribution in [-0.4, -0.2) is 60.4 Å². The minimum absolute atomic E-state index is 0.117. The number of anilines is 1. The lowest BCUT2D eigenvalue weighted by atomic mass is 9.90. The fourth-order valence-corrected chi connectivity index (χ4v) is 5.64. The van der Waals surface area contributed by atoms with Crippen LogP contribution in [0.25, 0.3) is 0 Å². The average Bonchev–Trinajstić information content (AvgIpc) is 3.69. The Bertz CT molecular complexity index is 1050. The van der Waals surface area contributed by atoms with E-state index in [1.54, 1.807) is 7.11 Å². The number of hydrogen-bond donors (Lipinski definition) is 2. The van der Waals surface area contributed by atoms with Gasteiger partial charge in [-0.2, -0.15) is 0 Å². The molecule has 5 rings (SSSR count). The number of methoxy groups -OCH3 is 1. The van der Waals surface area contributed by atoms with Crippen LogP contribution in [0.3, 0.4) is 0 Å². The van der Waals surface area contributed by atoms with Crippen LogP contribution in [0.15, 0.2) is 30.3 Å². The molecule has 1 unspecified atom stereocenters. The number of unbranched alkanes of at least 4 members (excludes halogenated alkanes) is 2. The van der Waals surface area contributed by atoms with E-state index in [9.17, 15) is 9.90 Å². The quantitative estimate of drug-likeness (QED) is 0.391. The summed E-state index contributed by atoms with van der Waals surface area (Å²) in [6, 6.07) is 9.81. The number of fused-ring (bicyclic) bond motifs is 1. The molecule has 3 aliphatic rings. The topological polar surface area (TPSA) is 83.9 Å². The Balaban J connectivity index is 1.05. The molecule has 36 heavy (non-hydrogen) atoms. The number of carboxylic acids is 1. The number of hydrogen-bond acceptors (Lipinski definition) is 6. The molecule has 0 bridgehead atoms. The summed E-state index contributed by atoms with van der Waals surface area (Å²) >= 11 is 0. The molecule has 2 fully saturated rings. The van der Waals surface area contributed by atoms with Gasteiger partial charge in [-0.15, -0.1) is 0 Å². The first-order chi connectivity index (χ1) is 17.6. The number of carboxylic acid groups (broad SMARTS) is 1. The van der Waals surface area contributed by atoms with Crippen molar-refractivity contribution in [3.05, 3.63) is 58.3 Å². The molecule has 0 radical (unpaired) electrons. The third kappa shape index (κ3) is 5.90. The summed E-state index contributed by atoms with van der Waals surface area (Å²) in [5.41, 5.74) is 5.76. The zero-order chi connectivity index (χ0) is 24.9. The Morgan fingerprint density at radius 3 is 2.83 bits per heavy atom. The number of nitrogens with one attached hydrogen (secondary N) is 1. The molecular weight excluding hydrogens is 454 g/mol. The summed E-state index contributed by atoms with van der Waals surface area (Å²) in [5.74, 6) is 0.760. The molecular formula is C29H39N3O4. The number of nitrogens with zero attached hydrogens (tertiary/aromatic N) is 2. The molecule has 7 heteroatoms. The maximum Gasteiger partial charge on any atom is 0.325 e. The third-order valence-corrected chi connectivity index (χ3v) is 7.67. The number of aryl methyl sites for hydroxylation is 2. The van der Waals surface area contributed by atoms with Crippen molar-refractivity contribution in [3.8, 4) is 0 Å². The molecule has 1 aromatic heterocycles. The third-order valence-electron chi connectivity index (χ3n) is 7.67. The minimum Gasteiger partial charge on any atom is -0.480 e. The highest BCUT2D eigenvalue weighted by molar-refractivity contribution is 5.77. The Morgan fingerprint density at radius 2 is 2.06 bits per heavy atom. The molecule has 194 valence electrons. The number of ether oxygens (including phenoxy) is 2. The SMILES string of the molecule is COCc1cccc(C(C(=O)O)N2CC(OCCCCCc3ccc4c(n3)NCCC4)C2)c1C1CC1. The zero-order valence-electron chi connectivity index (χ0n) is 21.4. The van der Waals surface area contributed by atoms with Crippen LogP contribution in [0.2, 0.25) is 0 Å². The van der Waals surface area contributed by atoms with E-state index < -0.39 is 12.0 Å². The van der Waals surface area contributed by atoms with Gasteiger partial charge in [0.2, 0.25) is 0 Å². The number of pyridine rings is 1. The molecule has 1 aromatic carbocycles. The predicted molar refractivity (Wildman–Crippen MR) is 139 cm³/mol. The summed E-state index contributed by atoms with van der Waals surface area (Å²) in [6.07, 6.45) is 8.92. The molecule has 2 N–H and O–H groups in total. The smallest absolute Gasteiger partial charge is 0.325 e. The fourth-order valence-electron chi connectivity index (χ4n) is 5.64. The lowest BCUT2D eigenvalue weighted by molar-refractivity contribution is -0.151. The first-order valence-electron chi connectivity index (χ1n) is 13.6. The minimum atomic E-state index is -0.782. The lowest BCUT2D eigenvalue weighted by Crippen LogP contribution is -2.55. The summed E-state index contributed by atoms with van der Waals surface area (Å²) in [5, 5.41) is 13.5. The van der Waals surface area contributed by atoms with E-state index >= 15 is 0 Å². The Labute approximate surface area is 214 Å². The Morgan fingerprint density at radius 1 is 1.19 bits per heavy atom. The molecule has 0 spiro atoms. The maximum absolute atomic E-state index is 12.3. The van der Waals surface area contributed by atoms with Gasteiger partial charge in [-0.25, -0.2) is 4.98 Å². The van der Waals surface area contributed by atoms with Crippen molar-refractivity contribution in [2.45, 2.75) is 76.0 Å². The second-order valence-electron chi connectivity index (χ2n) is 10.5. The number of aromatic nitrogens is 1. The Kier molecular flexibility index (Phi) is 8.19. The summed E-state index contributed by atoms with van der Waals surface area (Å²) in [6.45, 7) is 3.61. The van der Waals surface area contributed by atoms with Crippen LogP contribution < -0.4 is 5.32 Å². The van der Waals surface area contributed by atoms with Crippen molar-refractivity contribution in [2.75, 3.05) is 38.7 Å². The van der Waals surface area contributed by atoms with E-state index in [0.717, 1.165) is 75.0 Å². The second kappa shape index (κ2) is 11.7. The van der Waals surface area contributed by atoms with Gasteiger partial charge in [0.1, 0.15) is 11.9 Å². The molecule has 1 saturated heterocycles. The zero-order valence-corrected chi connectivity index (χ0v) is 21.4. The van der Waals surface area contributed by atoms with Gasteiger partial charge in [-0.3, -0.25) is 9.69 Å². The van der Waals surface area contributed by atoms with Crippen molar-refractivity contribution in [1.29, 1.82) is 0 Å². The van der Waals surface area contributed by atoms with Crippen LogP contribution in [0.5, 0.6) is 0 Å². The fraction of sp³-hybridized carbons (Fsp3) is 0.586. The van der Waals surface area contributed by atoms with E-state index in [-0.39, 0.29) is 6.10 Å². The van der Waals surface area contributed by atoms with Gasteiger partial charge >= 0.3 is 5.97 Å². The van der Waals surface area contributed by atoms with Gasteiger partial charge in [-0.1, -0.05) is 30.7 Å². The van der Waals surface area contributed by atoms with Crippen LogP contribution >= 0.6 is 0 Å². The van der Waals surface area contributed by atoms with Gasteiger partial charge in [0.25, 0.3) is 0 Å². The van der Waals surface area contributed by atoms with E-state index in [0.29, 0.717) is 25.6 Å². The average molecular weight is 494 g/mol. The van der Waals surface area contributed by atoms with E-state index in [2.05, 4.69) is 23.5 Å². The predicted octanol–water partition coefficient (Wildman–Crippen LogP) is 4.70. The number of aliphatic carboxylic acids is 1. The maximum atomic E-state index is 12.3. The van der Waals surface area contributed by atoms with Crippen molar-refractivity contribution in [2.24, 2.45) is 0 Å². The van der Waals surface area contributed by atoms with Crippen molar-refractivity contribution < 1.29 is 19.4 Å². The van der Waals surface area contributed by atoms with E-state index in [1.165, 1.54) is 23.2 Å². The highest BCUT2D eigenvalue weighted by Crippen LogP contribution is 2.46. The number of carbonyl (C=O) groups is 1. The van der Waals surface area contributed by atoms with Gasteiger partial charge in [0, 0.05) is 39.0 Å². The molecule has 2 aliphatic heterocycles. The molecule has 1 atom stereocenters. The molecule has 0 amide bonds. The number of likely N-dealkylation sites (tertiary alicyclic amines) is 1. The van der Waals surface area contributed by atoms with Gasteiger partial charge in [-0.05, 0) is 79.2 Å². The van der Waals surface area contributed by atoms with E-state index in [1.807, 2.05) is 17.0 Å². The molecule has 7 nitrogen and oxygen atoms in total. The highest BCUT2D eigenvalue weighted by Gasteiger charge is 2.41. The second-order valence-corrected chi connectivity index (χ2v) is 10.5.